The number of nitrogens with zero attached hydrogens (tertiary/aromatic N) is 2. The van der Waals surface area contributed by atoms with Crippen LogP contribution in [0.4, 0.5) is 13.2 Å². The molecule has 0 unspecified atom stereocenters. The van der Waals surface area contributed by atoms with Gasteiger partial charge in [-0.2, -0.15) is 23.3 Å². The molecule has 136 valence electrons. The number of hydrazone groups is 1. The van der Waals surface area contributed by atoms with Crippen LogP contribution in [0.3, 0.4) is 0 Å². The number of aliphatic hydroxyl groups is 1. The number of alkyl halides is 3. The third-order valence-corrected chi connectivity index (χ3v) is 4.91. The van der Waals surface area contributed by atoms with Crippen molar-refractivity contribution >= 4 is 22.4 Å². The Kier molecular flexibility index (Phi) is 3.80. The highest BCUT2D eigenvalue weighted by Gasteiger charge is 2.64. The summed E-state index contributed by atoms with van der Waals surface area (Å²) in [4.78, 5) is 12.6. The Morgan fingerprint density at radius 3 is 2.54 bits per heavy atom. The van der Waals surface area contributed by atoms with Crippen LogP contribution in [-0.4, -0.2) is 33.6 Å². The van der Waals surface area contributed by atoms with Crippen LogP contribution in [0.15, 0.2) is 47.6 Å². The van der Waals surface area contributed by atoms with Crippen LogP contribution in [-0.2, 0) is 11.2 Å². The van der Waals surface area contributed by atoms with Gasteiger partial charge in [-0.15, -0.1) is 0 Å². The molecule has 1 heterocycles. The summed E-state index contributed by atoms with van der Waals surface area (Å²) in [5.41, 5.74) is -2.41. The second-order valence-electron chi connectivity index (χ2n) is 6.92. The molecule has 2 aromatic rings. The van der Waals surface area contributed by atoms with E-state index >= 15 is 0 Å². The van der Waals surface area contributed by atoms with Crippen LogP contribution < -0.4 is 0 Å². The Labute approximate surface area is 147 Å². The molecule has 1 fully saturated rings. The Balaban J connectivity index is 1.61. The number of hydrogen-bond acceptors (Lipinski definition) is 3. The van der Waals surface area contributed by atoms with Crippen molar-refractivity contribution in [2.75, 3.05) is 0 Å². The van der Waals surface area contributed by atoms with Gasteiger partial charge in [0.25, 0.3) is 5.72 Å². The van der Waals surface area contributed by atoms with Gasteiger partial charge < -0.3 is 5.11 Å². The second kappa shape index (κ2) is 5.81. The lowest BCUT2D eigenvalue weighted by molar-refractivity contribution is -0.302. The van der Waals surface area contributed by atoms with Crippen molar-refractivity contribution in [2.45, 2.75) is 37.6 Å². The van der Waals surface area contributed by atoms with Crippen molar-refractivity contribution < 1.29 is 23.1 Å². The van der Waals surface area contributed by atoms with Gasteiger partial charge in [0, 0.05) is 12.1 Å². The van der Waals surface area contributed by atoms with Gasteiger partial charge in [-0.1, -0.05) is 42.5 Å². The Bertz CT molecular complexity index is 905. The third-order valence-electron chi connectivity index (χ3n) is 4.91. The maximum Gasteiger partial charge on any atom is 0.438 e. The molecule has 0 aromatic heterocycles. The molecule has 1 N–H and O–H groups in total. The first-order valence-corrected chi connectivity index (χ1v) is 8.45. The van der Waals surface area contributed by atoms with Crippen molar-refractivity contribution in [1.29, 1.82) is 0 Å². The zero-order valence-corrected chi connectivity index (χ0v) is 13.8. The van der Waals surface area contributed by atoms with Gasteiger partial charge in [0.05, 0.1) is 6.42 Å². The lowest BCUT2D eigenvalue weighted by Crippen LogP contribution is -2.57. The summed E-state index contributed by atoms with van der Waals surface area (Å²) >= 11 is 0. The van der Waals surface area contributed by atoms with Crippen molar-refractivity contribution in [3.05, 3.63) is 48.0 Å². The molecule has 1 aliphatic carbocycles. The van der Waals surface area contributed by atoms with E-state index in [1.54, 1.807) is 12.1 Å². The SMILES string of the molecule is O=C(Cc1ccc2ccccc2c1)N1N=C(C2CC2)C[C@@]1(O)C(F)(F)F. The minimum absolute atomic E-state index is 0.0534. The summed E-state index contributed by atoms with van der Waals surface area (Å²) in [5, 5.41) is 16.2. The van der Waals surface area contributed by atoms with Crippen LogP contribution >= 0.6 is 0 Å². The number of benzene rings is 2. The molecular weight excluding hydrogens is 345 g/mol. The first-order valence-electron chi connectivity index (χ1n) is 8.45. The molecule has 2 aliphatic rings. The van der Waals surface area contributed by atoms with E-state index in [-0.39, 0.29) is 23.1 Å². The zero-order valence-electron chi connectivity index (χ0n) is 13.8. The molecule has 4 rings (SSSR count). The first-order chi connectivity index (χ1) is 12.3. The average Bonchev–Trinajstić information content (AvgIpc) is 3.36. The van der Waals surface area contributed by atoms with Gasteiger partial charge in [0.15, 0.2) is 0 Å². The number of halogens is 3. The van der Waals surface area contributed by atoms with E-state index in [0.717, 1.165) is 23.6 Å². The average molecular weight is 362 g/mol. The number of hydrogen-bond donors (Lipinski definition) is 1. The molecule has 4 nitrogen and oxygen atoms in total. The van der Waals surface area contributed by atoms with E-state index in [0.29, 0.717) is 5.56 Å². The fourth-order valence-electron chi connectivity index (χ4n) is 3.30. The molecule has 0 bridgehead atoms. The summed E-state index contributed by atoms with van der Waals surface area (Å²) in [6.07, 6.45) is -4.39. The summed E-state index contributed by atoms with van der Waals surface area (Å²) in [6.45, 7) is 0. The molecule has 26 heavy (non-hydrogen) atoms. The summed E-state index contributed by atoms with van der Waals surface area (Å²) in [5.74, 6) is -0.918. The largest absolute Gasteiger partial charge is 0.438 e. The quantitative estimate of drug-likeness (QED) is 0.907. The summed E-state index contributed by atoms with van der Waals surface area (Å²) in [7, 11) is 0. The molecule has 7 heteroatoms. The summed E-state index contributed by atoms with van der Waals surface area (Å²) in [6, 6.07) is 12.8. The third kappa shape index (κ3) is 2.86. The van der Waals surface area contributed by atoms with Gasteiger partial charge in [0.2, 0.25) is 5.91 Å². The van der Waals surface area contributed by atoms with E-state index in [1.165, 1.54) is 0 Å². The van der Waals surface area contributed by atoms with E-state index in [2.05, 4.69) is 5.10 Å². The molecular formula is C19H17F3N2O2. The lowest BCUT2D eigenvalue weighted by atomic mass is 10.0. The molecule has 0 spiro atoms. The van der Waals surface area contributed by atoms with E-state index < -0.39 is 24.2 Å². The number of carbonyl (C=O) groups excluding carboxylic acids is 1. The lowest BCUT2D eigenvalue weighted by Gasteiger charge is -2.32. The number of rotatable bonds is 3. The predicted octanol–water partition coefficient (Wildman–Crippen LogP) is 3.63. The van der Waals surface area contributed by atoms with Gasteiger partial charge in [-0.25, -0.2) is 0 Å². The molecule has 1 amide bonds. The van der Waals surface area contributed by atoms with Crippen LogP contribution in [0.2, 0.25) is 0 Å². The van der Waals surface area contributed by atoms with Gasteiger partial charge in [-0.05, 0) is 35.1 Å². The number of carbonyl (C=O) groups is 1. The normalized spacial score (nSPS) is 23.4. The molecule has 2 aromatic carbocycles. The fourth-order valence-corrected chi connectivity index (χ4v) is 3.30. The maximum atomic E-state index is 13.4. The number of amides is 1. The Morgan fingerprint density at radius 1 is 1.19 bits per heavy atom. The van der Waals surface area contributed by atoms with Crippen molar-refractivity contribution in [2.24, 2.45) is 11.0 Å². The Hall–Kier alpha value is -2.41. The van der Waals surface area contributed by atoms with Crippen LogP contribution in [0, 0.1) is 5.92 Å². The van der Waals surface area contributed by atoms with Crippen molar-refractivity contribution in [3.63, 3.8) is 0 Å². The minimum atomic E-state index is -4.97. The van der Waals surface area contributed by atoms with E-state index in [9.17, 15) is 23.1 Å². The fraction of sp³-hybridized carbons (Fsp3) is 0.368. The highest BCUT2D eigenvalue weighted by molar-refractivity contribution is 5.94. The van der Waals surface area contributed by atoms with Crippen molar-refractivity contribution in [3.8, 4) is 0 Å². The molecule has 0 saturated heterocycles. The minimum Gasteiger partial charge on any atom is -0.362 e. The molecule has 1 aliphatic heterocycles. The highest BCUT2D eigenvalue weighted by atomic mass is 19.4. The zero-order chi connectivity index (χ0) is 18.5. The molecule has 1 atom stereocenters. The van der Waals surface area contributed by atoms with Crippen LogP contribution in [0.5, 0.6) is 0 Å². The van der Waals surface area contributed by atoms with Crippen LogP contribution in [0.25, 0.3) is 10.8 Å². The van der Waals surface area contributed by atoms with Gasteiger partial charge in [-0.3, -0.25) is 4.79 Å². The monoisotopic (exact) mass is 362 g/mol. The van der Waals surface area contributed by atoms with Gasteiger partial charge in [0.1, 0.15) is 0 Å². The maximum absolute atomic E-state index is 13.4. The van der Waals surface area contributed by atoms with Gasteiger partial charge >= 0.3 is 6.18 Å². The highest BCUT2D eigenvalue weighted by Crippen LogP contribution is 2.45. The Morgan fingerprint density at radius 2 is 1.88 bits per heavy atom. The smallest absolute Gasteiger partial charge is 0.362 e. The number of fused-ring (bicyclic) bond motifs is 1. The predicted molar refractivity (Wildman–Crippen MR) is 90.3 cm³/mol. The van der Waals surface area contributed by atoms with Crippen molar-refractivity contribution in [1.82, 2.24) is 5.01 Å². The molecule has 1 saturated carbocycles. The summed E-state index contributed by atoms with van der Waals surface area (Å²) < 4.78 is 40.3. The molecule has 0 radical (unpaired) electrons. The standard InChI is InChI=1S/C19H17F3N2O2/c20-19(21,22)18(26)11-16(14-7-8-14)23-24(18)17(25)10-12-5-6-13-3-1-2-4-15(13)9-12/h1-6,9,14,26H,7-8,10-11H2/t18-/m1/s1. The van der Waals surface area contributed by atoms with E-state index in [1.807, 2.05) is 30.3 Å². The topological polar surface area (TPSA) is 52.9 Å². The first kappa shape index (κ1) is 17.0. The van der Waals surface area contributed by atoms with Crippen LogP contribution in [0.1, 0.15) is 24.8 Å². The van der Waals surface area contributed by atoms with E-state index in [4.69, 9.17) is 0 Å². The second-order valence-corrected chi connectivity index (χ2v) is 6.92.